The second-order valence-electron chi connectivity index (χ2n) is 8.04. The van der Waals surface area contributed by atoms with Crippen molar-refractivity contribution in [3.8, 4) is 28.4 Å². The van der Waals surface area contributed by atoms with Gasteiger partial charge in [-0.3, -0.25) is 4.79 Å². The van der Waals surface area contributed by atoms with Crippen molar-refractivity contribution in [2.45, 2.75) is 11.8 Å². The fourth-order valence-corrected chi connectivity index (χ4v) is 5.09. The van der Waals surface area contributed by atoms with Crippen LogP contribution in [-0.4, -0.2) is 33.3 Å². The summed E-state index contributed by atoms with van der Waals surface area (Å²) in [5.74, 6) is 2.47. The second kappa shape index (κ2) is 6.02. The van der Waals surface area contributed by atoms with Crippen LogP contribution >= 0.6 is 0 Å². The molecule has 0 saturated carbocycles. The zero-order valence-corrected chi connectivity index (χ0v) is 16.9. The average Bonchev–Trinajstić information content (AvgIpc) is 3.45. The number of carbonyl (C=O) groups is 1. The van der Waals surface area contributed by atoms with E-state index in [0.717, 1.165) is 57.2 Å². The van der Waals surface area contributed by atoms with Crippen molar-refractivity contribution in [2.24, 2.45) is 0 Å². The quantitative estimate of drug-likeness (QED) is 0.655. The normalized spacial score (nSPS) is 20.6. The minimum Gasteiger partial charge on any atom is -0.497 e. The number of ether oxygens (including phenoxy) is 3. The highest BCUT2D eigenvalue weighted by Gasteiger charge is 2.57. The van der Waals surface area contributed by atoms with Crippen LogP contribution in [0, 0.1) is 0 Å². The third-order valence-electron chi connectivity index (χ3n) is 6.60. The molecule has 0 aliphatic carbocycles. The van der Waals surface area contributed by atoms with Gasteiger partial charge < -0.3 is 19.1 Å². The first kappa shape index (κ1) is 17.4. The molecule has 150 valence electrons. The summed E-state index contributed by atoms with van der Waals surface area (Å²) in [4.78, 5) is 15.5. The van der Waals surface area contributed by atoms with Gasteiger partial charge >= 0.3 is 0 Å². The maximum absolute atomic E-state index is 13.7. The Balaban J connectivity index is 1.61. The molecule has 30 heavy (non-hydrogen) atoms. The molecule has 1 amide bonds. The Labute approximate surface area is 174 Å². The molecule has 0 bridgehead atoms. The Kier molecular flexibility index (Phi) is 3.49. The molecular formula is C25H21NO4. The van der Waals surface area contributed by atoms with Crippen LogP contribution in [0.15, 0.2) is 54.6 Å². The first-order valence-corrected chi connectivity index (χ1v) is 10.1. The monoisotopic (exact) mass is 399 g/mol. The summed E-state index contributed by atoms with van der Waals surface area (Å²) in [5.41, 5.74) is 5.29. The van der Waals surface area contributed by atoms with Gasteiger partial charge in [-0.05, 0) is 41.0 Å². The van der Waals surface area contributed by atoms with Crippen LogP contribution < -0.4 is 19.1 Å². The minimum absolute atomic E-state index is 0.0519. The molecule has 1 unspecified atom stereocenters. The van der Waals surface area contributed by atoms with Crippen molar-refractivity contribution in [1.82, 2.24) is 0 Å². The third-order valence-corrected chi connectivity index (χ3v) is 6.60. The summed E-state index contributed by atoms with van der Waals surface area (Å²) in [6.45, 7) is 0.974. The highest BCUT2D eigenvalue weighted by Crippen LogP contribution is 2.56. The summed E-state index contributed by atoms with van der Waals surface area (Å²) in [6.07, 6.45) is 0.857. The number of rotatable bonds is 2. The molecule has 0 N–H and O–H groups in total. The molecule has 5 nitrogen and oxygen atoms in total. The van der Waals surface area contributed by atoms with Gasteiger partial charge in [0.1, 0.15) is 29.3 Å². The molecule has 0 fully saturated rings. The number of likely N-dealkylation sites (N-methyl/N-ethyl adjacent to an activating group) is 1. The number of nitrogens with zero attached hydrogens (tertiary/aromatic N) is 1. The Bertz CT molecular complexity index is 1200. The Morgan fingerprint density at radius 2 is 1.87 bits per heavy atom. The summed E-state index contributed by atoms with van der Waals surface area (Å²) < 4.78 is 17.2. The largest absolute Gasteiger partial charge is 0.497 e. The second-order valence-corrected chi connectivity index (χ2v) is 8.04. The van der Waals surface area contributed by atoms with Crippen molar-refractivity contribution in [3.63, 3.8) is 0 Å². The number of fused-ring (bicyclic) bond motifs is 5. The van der Waals surface area contributed by atoms with Crippen LogP contribution in [0.2, 0.25) is 0 Å². The Morgan fingerprint density at radius 3 is 2.67 bits per heavy atom. The molecule has 3 aromatic rings. The predicted molar refractivity (Wildman–Crippen MR) is 114 cm³/mol. The molecule has 1 atom stereocenters. The zero-order valence-electron chi connectivity index (χ0n) is 16.9. The SMILES string of the molecule is COc1ccc(-c2cccc3c2C2(COc4cc5c(cc42)CCO5)C(=O)N3C)cc1. The van der Waals surface area contributed by atoms with Gasteiger partial charge in [0.2, 0.25) is 5.91 Å². The van der Waals surface area contributed by atoms with E-state index in [1.54, 1.807) is 12.0 Å². The van der Waals surface area contributed by atoms with Gasteiger partial charge in [0.15, 0.2) is 0 Å². The molecule has 3 aliphatic heterocycles. The van der Waals surface area contributed by atoms with E-state index in [2.05, 4.69) is 12.1 Å². The molecule has 3 aliphatic rings. The van der Waals surface area contributed by atoms with E-state index < -0.39 is 5.41 Å². The topological polar surface area (TPSA) is 48.0 Å². The van der Waals surface area contributed by atoms with Crippen LogP contribution in [-0.2, 0) is 16.6 Å². The van der Waals surface area contributed by atoms with Crippen LogP contribution in [0.3, 0.4) is 0 Å². The minimum atomic E-state index is -0.840. The number of hydrogen-bond acceptors (Lipinski definition) is 4. The van der Waals surface area contributed by atoms with Gasteiger partial charge in [-0.25, -0.2) is 0 Å². The van der Waals surface area contributed by atoms with E-state index in [4.69, 9.17) is 14.2 Å². The van der Waals surface area contributed by atoms with Gasteiger partial charge in [-0.15, -0.1) is 0 Å². The first-order chi connectivity index (χ1) is 14.6. The van der Waals surface area contributed by atoms with E-state index >= 15 is 0 Å². The number of amides is 1. The third kappa shape index (κ3) is 2.09. The zero-order chi connectivity index (χ0) is 20.5. The highest BCUT2D eigenvalue weighted by molar-refractivity contribution is 6.13. The summed E-state index contributed by atoms with van der Waals surface area (Å²) >= 11 is 0. The van der Waals surface area contributed by atoms with Crippen molar-refractivity contribution in [2.75, 3.05) is 32.3 Å². The lowest BCUT2D eigenvalue weighted by Gasteiger charge is -2.24. The molecule has 3 heterocycles. The number of hydrogen-bond donors (Lipinski definition) is 0. The molecule has 6 rings (SSSR count). The van der Waals surface area contributed by atoms with E-state index in [9.17, 15) is 4.79 Å². The van der Waals surface area contributed by atoms with E-state index in [1.165, 1.54) is 0 Å². The smallest absolute Gasteiger partial charge is 0.245 e. The van der Waals surface area contributed by atoms with Crippen LogP contribution in [0.1, 0.15) is 16.7 Å². The molecule has 0 saturated heterocycles. The molecule has 0 radical (unpaired) electrons. The van der Waals surface area contributed by atoms with Gasteiger partial charge in [0.05, 0.1) is 13.7 Å². The van der Waals surface area contributed by atoms with Crippen LogP contribution in [0.5, 0.6) is 17.2 Å². The summed E-state index contributed by atoms with van der Waals surface area (Å²) in [7, 11) is 3.51. The number of methoxy groups -OCH3 is 1. The maximum atomic E-state index is 13.7. The maximum Gasteiger partial charge on any atom is 0.245 e. The number of carbonyl (C=O) groups excluding carboxylic acids is 1. The molecule has 0 aromatic heterocycles. The average molecular weight is 399 g/mol. The number of anilines is 1. The van der Waals surface area contributed by atoms with Crippen molar-refractivity contribution >= 4 is 11.6 Å². The Hall–Kier alpha value is -3.47. The standard InChI is InChI=1S/C25H21NO4/c1-26-20-5-3-4-18(15-6-8-17(28-2)9-7-15)23(20)25(24(26)27)14-30-22-13-21-16(10-11-29-21)12-19(22)25/h3-9,12-13H,10-11,14H2,1-2H3. The summed E-state index contributed by atoms with van der Waals surface area (Å²) in [6, 6.07) is 18.2. The first-order valence-electron chi connectivity index (χ1n) is 10.1. The van der Waals surface area contributed by atoms with Crippen molar-refractivity contribution in [3.05, 3.63) is 71.3 Å². The lowest BCUT2D eigenvalue weighted by molar-refractivity contribution is -0.121. The fourth-order valence-electron chi connectivity index (χ4n) is 5.09. The lowest BCUT2D eigenvalue weighted by atomic mass is 9.73. The van der Waals surface area contributed by atoms with Gasteiger partial charge in [0.25, 0.3) is 0 Å². The van der Waals surface area contributed by atoms with Crippen LogP contribution in [0.25, 0.3) is 11.1 Å². The van der Waals surface area contributed by atoms with Gasteiger partial charge in [0, 0.05) is 36.3 Å². The Morgan fingerprint density at radius 1 is 1.03 bits per heavy atom. The van der Waals surface area contributed by atoms with Gasteiger partial charge in [-0.2, -0.15) is 0 Å². The highest BCUT2D eigenvalue weighted by atomic mass is 16.5. The molecular weight excluding hydrogens is 378 g/mol. The van der Waals surface area contributed by atoms with E-state index in [-0.39, 0.29) is 5.91 Å². The van der Waals surface area contributed by atoms with E-state index in [1.807, 2.05) is 49.5 Å². The predicted octanol–water partition coefficient (Wildman–Crippen LogP) is 3.95. The molecule has 1 spiro atoms. The summed E-state index contributed by atoms with van der Waals surface area (Å²) in [5, 5.41) is 0. The number of benzene rings is 3. The van der Waals surface area contributed by atoms with Gasteiger partial charge in [-0.1, -0.05) is 24.3 Å². The van der Waals surface area contributed by atoms with Crippen molar-refractivity contribution < 1.29 is 19.0 Å². The van der Waals surface area contributed by atoms with E-state index in [0.29, 0.717) is 13.2 Å². The molecule has 3 aromatic carbocycles. The fraction of sp³-hybridized carbons (Fsp3) is 0.240. The van der Waals surface area contributed by atoms with Crippen molar-refractivity contribution in [1.29, 1.82) is 0 Å². The lowest BCUT2D eigenvalue weighted by Crippen LogP contribution is -2.41. The molecule has 5 heteroatoms. The van der Waals surface area contributed by atoms with Crippen LogP contribution in [0.4, 0.5) is 5.69 Å².